The zero-order valence-corrected chi connectivity index (χ0v) is 14.3. The van der Waals surface area contributed by atoms with Gasteiger partial charge in [0.05, 0.1) is 11.8 Å². The molecule has 2 amide bonds. The van der Waals surface area contributed by atoms with E-state index in [1.165, 1.54) is 0 Å². The molecular weight excluding hydrogens is 328 g/mol. The quantitative estimate of drug-likeness (QED) is 0.794. The lowest BCUT2D eigenvalue weighted by Crippen LogP contribution is -2.32. The number of aromatic nitrogens is 2. The first-order chi connectivity index (χ1) is 11.5. The number of benzene rings is 1. The molecule has 0 spiro atoms. The Labute approximate surface area is 145 Å². The number of urea groups is 1. The molecule has 6 nitrogen and oxygen atoms in total. The standard InChI is InChI=1S/C17H21ClN4O2/c1-11-7-16(21-22(11)14-4-2-3-13(18)9-14)20-17(24)19-10-12-5-6-15(23)8-12/h2-4,7,9,12,15,23H,5-6,8,10H2,1H3,(H2,19,20,21,24)/t12-,15+/m1/s1. The highest BCUT2D eigenvalue weighted by molar-refractivity contribution is 6.30. The average molecular weight is 349 g/mol. The molecule has 3 N–H and O–H groups in total. The van der Waals surface area contributed by atoms with Crippen molar-refractivity contribution in [3.05, 3.63) is 41.0 Å². The molecule has 1 heterocycles. The molecule has 7 heteroatoms. The minimum atomic E-state index is -0.285. The van der Waals surface area contributed by atoms with Crippen LogP contribution < -0.4 is 10.6 Å². The molecule has 1 aliphatic rings. The zero-order valence-electron chi connectivity index (χ0n) is 13.5. The first-order valence-electron chi connectivity index (χ1n) is 8.07. The van der Waals surface area contributed by atoms with E-state index in [4.69, 9.17) is 11.6 Å². The SMILES string of the molecule is Cc1cc(NC(=O)NC[C@@H]2CC[C@H](O)C2)nn1-c1cccc(Cl)c1. The highest BCUT2D eigenvalue weighted by Crippen LogP contribution is 2.24. The van der Waals surface area contributed by atoms with Gasteiger partial charge < -0.3 is 10.4 Å². The Balaban J connectivity index is 1.59. The Morgan fingerprint density at radius 3 is 2.96 bits per heavy atom. The van der Waals surface area contributed by atoms with Crippen molar-refractivity contribution in [2.24, 2.45) is 5.92 Å². The molecule has 0 saturated heterocycles. The number of nitrogens with zero attached hydrogens (tertiary/aromatic N) is 2. The summed E-state index contributed by atoms with van der Waals surface area (Å²) in [5, 5.41) is 20.1. The smallest absolute Gasteiger partial charge is 0.320 e. The molecule has 0 unspecified atom stereocenters. The van der Waals surface area contributed by atoms with E-state index in [0.717, 1.165) is 30.6 Å². The van der Waals surface area contributed by atoms with E-state index in [2.05, 4.69) is 15.7 Å². The molecule has 0 bridgehead atoms. The van der Waals surface area contributed by atoms with Crippen molar-refractivity contribution in [3.63, 3.8) is 0 Å². The van der Waals surface area contributed by atoms with E-state index < -0.39 is 0 Å². The van der Waals surface area contributed by atoms with Crippen molar-refractivity contribution in [1.29, 1.82) is 0 Å². The number of rotatable bonds is 4. The van der Waals surface area contributed by atoms with Gasteiger partial charge in [0.25, 0.3) is 0 Å². The number of halogens is 1. The molecule has 0 aliphatic heterocycles. The number of amides is 2. The summed E-state index contributed by atoms with van der Waals surface area (Å²) in [5.74, 6) is 0.827. The molecule has 1 aliphatic carbocycles. The van der Waals surface area contributed by atoms with Gasteiger partial charge in [-0.05, 0) is 50.3 Å². The third kappa shape index (κ3) is 4.07. The Morgan fingerprint density at radius 1 is 1.42 bits per heavy atom. The third-order valence-corrected chi connectivity index (χ3v) is 4.48. The van der Waals surface area contributed by atoms with Crippen molar-refractivity contribution in [3.8, 4) is 5.69 Å². The first-order valence-corrected chi connectivity index (χ1v) is 8.44. The number of aliphatic hydroxyl groups excluding tert-OH is 1. The van der Waals surface area contributed by atoms with Crippen LogP contribution in [0.25, 0.3) is 5.69 Å². The number of hydrogen-bond acceptors (Lipinski definition) is 3. The van der Waals surface area contributed by atoms with Gasteiger partial charge in [-0.3, -0.25) is 5.32 Å². The Morgan fingerprint density at radius 2 is 2.25 bits per heavy atom. The molecule has 24 heavy (non-hydrogen) atoms. The van der Waals surface area contributed by atoms with Crippen LogP contribution in [0.5, 0.6) is 0 Å². The summed E-state index contributed by atoms with van der Waals surface area (Å²) < 4.78 is 1.73. The van der Waals surface area contributed by atoms with Crippen molar-refractivity contribution >= 4 is 23.4 Å². The predicted molar refractivity (Wildman–Crippen MR) is 93.7 cm³/mol. The van der Waals surface area contributed by atoms with Crippen LogP contribution in [0.4, 0.5) is 10.6 Å². The molecular formula is C17H21ClN4O2. The summed E-state index contributed by atoms with van der Waals surface area (Å²) in [6.07, 6.45) is 2.29. The van der Waals surface area contributed by atoms with Gasteiger partial charge in [-0.1, -0.05) is 17.7 Å². The number of carbonyl (C=O) groups excluding carboxylic acids is 1. The fraction of sp³-hybridized carbons (Fsp3) is 0.412. The number of aliphatic hydroxyl groups is 1. The van der Waals surface area contributed by atoms with Crippen LogP contribution in [0, 0.1) is 12.8 Å². The maximum atomic E-state index is 12.0. The summed E-state index contributed by atoms with van der Waals surface area (Å²) in [6.45, 7) is 2.48. The minimum Gasteiger partial charge on any atom is -0.393 e. The molecule has 0 radical (unpaired) electrons. The highest BCUT2D eigenvalue weighted by atomic mass is 35.5. The maximum Gasteiger partial charge on any atom is 0.320 e. The summed E-state index contributed by atoms with van der Waals surface area (Å²) in [7, 11) is 0. The fourth-order valence-corrected chi connectivity index (χ4v) is 3.22. The molecule has 2 atom stereocenters. The average Bonchev–Trinajstić information content (AvgIpc) is 3.11. The Bertz CT molecular complexity index is 731. The molecule has 1 saturated carbocycles. The monoisotopic (exact) mass is 348 g/mol. The molecule has 2 aromatic rings. The van der Waals surface area contributed by atoms with E-state index in [9.17, 15) is 9.90 Å². The lowest BCUT2D eigenvalue weighted by molar-refractivity contribution is 0.177. The van der Waals surface area contributed by atoms with Gasteiger partial charge in [0.2, 0.25) is 0 Å². The topological polar surface area (TPSA) is 79.2 Å². The molecule has 1 fully saturated rings. The highest BCUT2D eigenvalue weighted by Gasteiger charge is 2.23. The molecule has 3 rings (SSSR count). The third-order valence-electron chi connectivity index (χ3n) is 4.25. The predicted octanol–water partition coefficient (Wildman–Crippen LogP) is 3.12. The largest absolute Gasteiger partial charge is 0.393 e. The molecule has 128 valence electrons. The van der Waals surface area contributed by atoms with Gasteiger partial charge in [-0.15, -0.1) is 5.10 Å². The first kappa shape index (κ1) is 16.8. The second kappa shape index (κ2) is 7.23. The van der Waals surface area contributed by atoms with Crippen LogP contribution in [0.2, 0.25) is 5.02 Å². The van der Waals surface area contributed by atoms with E-state index in [-0.39, 0.29) is 12.1 Å². The molecule has 1 aromatic heterocycles. The number of nitrogens with one attached hydrogen (secondary N) is 2. The van der Waals surface area contributed by atoms with Crippen molar-refractivity contribution < 1.29 is 9.90 Å². The van der Waals surface area contributed by atoms with E-state index in [1.54, 1.807) is 16.8 Å². The van der Waals surface area contributed by atoms with Crippen molar-refractivity contribution in [2.75, 3.05) is 11.9 Å². The summed E-state index contributed by atoms with van der Waals surface area (Å²) in [5.41, 5.74) is 1.74. The lowest BCUT2D eigenvalue weighted by Gasteiger charge is -2.10. The van der Waals surface area contributed by atoms with Gasteiger partial charge in [0.1, 0.15) is 0 Å². The minimum absolute atomic E-state index is 0.226. The zero-order chi connectivity index (χ0) is 17.1. The summed E-state index contributed by atoms with van der Waals surface area (Å²) in [6, 6.07) is 8.90. The van der Waals surface area contributed by atoms with Gasteiger partial charge in [-0.25, -0.2) is 9.48 Å². The van der Waals surface area contributed by atoms with E-state index >= 15 is 0 Å². The van der Waals surface area contributed by atoms with Crippen LogP contribution in [-0.4, -0.2) is 33.6 Å². The fourth-order valence-electron chi connectivity index (χ4n) is 3.04. The van der Waals surface area contributed by atoms with Crippen molar-refractivity contribution in [1.82, 2.24) is 15.1 Å². The van der Waals surface area contributed by atoms with Crippen LogP contribution >= 0.6 is 11.6 Å². The summed E-state index contributed by atoms with van der Waals surface area (Å²) in [4.78, 5) is 12.0. The number of hydrogen-bond donors (Lipinski definition) is 3. The van der Waals surface area contributed by atoms with Crippen LogP contribution in [0.1, 0.15) is 25.0 Å². The second-order valence-electron chi connectivity index (χ2n) is 6.23. The van der Waals surface area contributed by atoms with Crippen LogP contribution in [0.3, 0.4) is 0 Å². The van der Waals surface area contributed by atoms with Crippen LogP contribution in [0.15, 0.2) is 30.3 Å². The lowest BCUT2D eigenvalue weighted by atomic mass is 10.1. The van der Waals surface area contributed by atoms with E-state index in [0.29, 0.717) is 23.3 Å². The second-order valence-corrected chi connectivity index (χ2v) is 6.67. The number of anilines is 1. The van der Waals surface area contributed by atoms with Gasteiger partial charge >= 0.3 is 6.03 Å². The van der Waals surface area contributed by atoms with Gasteiger partial charge in [0.15, 0.2) is 5.82 Å². The van der Waals surface area contributed by atoms with Gasteiger partial charge in [-0.2, -0.15) is 0 Å². The van der Waals surface area contributed by atoms with E-state index in [1.807, 2.05) is 25.1 Å². The Hall–Kier alpha value is -2.05. The van der Waals surface area contributed by atoms with Crippen LogP contribution in [-0.2, 0) is 0 Å². The molecule has 1 aromatic carbocycles. The Kier molecular flexibility index (Phi) is 5.06. The maximum absolute atomic E-state index is 12.0. The normalized spacial score (nSPS) is 20.1. The number of aryl methyl sites for hydroxylation is 1. The number of carbonyl (C=O) groups is 1. The van der Waals surface area contributed by atoms with Gasteiger partial charge in [0, 0.05) is 23.3 Å². The summed E-state index contributed by atoms with van der Waals surface area (Å²) >= 11 is 6.01. The van der Waals surface area contributed by atoms with Crippen molar-refractivity contribution in [2.45, 2.75) is 32.3 Å².